The first-order chi connectivity index (χ1) is 17.7. The molecule has 1 aliphatic rings. The maximum absolute atomic E-state index is 13.7. The molecule has 3 aromatic carbocycles. The van der Waals surface area contributed by atoms with Crippen LogP contribution in [0, 0.1) is 19.7 Å². The molecule has 0 bridgehead atoms. The van der Waals surface area contributed by atoms with E-state index >= 15 is 0 Å². The number of carbonyl (C=O) groups is 1. The molecule has 0 radical (unpaired) electrons. The van der Waals surface area contributed by atoms with Gasteiger partial charge in [0.05, 0.1) is 27.8 Å². The quantitative estimate of drug-likeness (QED) is 0.327. The molecular weight excluding hydrogens is 513 g/mol. The number of fused-ring (bicyclic) bond motifs is 1. The van der Waals surface area contributed by atoms with E-state index in [9.17, 15) is 17.6 Å². The van der Waals surface area contributed by atoms with Crippen LogP contribution in [-0.2, 0) is 14.8 Å². The number of aryl methyl sites for hydroxylation is 2. The van der Waals surface area contributed by atoms with Crippen LogP contribution in [0.1, 0.15) is 34.3 Å². The molecule has 37 heavy (non-hydrogen) atoms. The molecular formula is C27H26FN3O4S2. The van der Waals surface area contributed by atoms with Gasteiger partial charge in [-0.25, -0.2) is 17.8 Å². The molecule has 10 heteroatoms. The van der Waals surface area contributed by atoms with E-state index in [2.05, 4.69) is 10.8 Å². The number of anilines is 2. The molecule has 1 saturated heterocycles. The van der Waals surface area contributed by atoms with Crippen LogP contribution in [0.5, 0.6) is 0 Å². The van der Waals surface area contributed by atoms with Crippen LogP contribution < -0.4 is 9.62 Å². The highest BCUT2D eigenvalue weighted by Crippen LogP contribution is 2.34. The maximum Gasteiger partial charge on any atom is 0.261 e. The minimum absolute atomic E-state index is 0.0572. The number of hydrogen-bond acceptors (Lipinski definition) is 6. The molecule has 7 nitrogen and oxygen atoms in total. The summed E-state index contributed by atoms with van der Waals surface area (Å²) < 4.78 is 47.8. The van der Waals surface area contributed by atoms with Crippen molar-refractivity contribution in [1.82, 2.24) is 4.98 Å². The third-order valence-corrected chi connectivity index (χ3v) is 8.94. The molecule has 1 aromatic heterocycles. The number of benzene rings is 3. The largest absolute Gasteiger partial charge is 0.376 e. The number of halogens is 1. The van der Waals surface area contributed by atoms with Crippen molar-refractivity contribution in [2.45, 2.75) is 37.7 Å². The first-order valence-electron chi connectivity index (χ1n) is 11.9. The van der Waals surface area contributed by atoms with Crippen LogP contribution in [0.3, 0.4) is 0 Å². The second-order valence-electron chi connectivity index (χ2n) is 9.06. The lowest BCUT2D eigenvalue weighted by atomic mass is 10.1. The number of ether oxygens (including phenoxy) is 1. The van der Waals surface area contributed by atoms with Crippen molar-refractivity contribution in [3.63, 3.8) is 0 Å². The second-order valence-corrected chi connectivity index (χ2v) is 11.7. The highest BCUT2D eigenvalue weighted by molar-refractivity contribution is 7.92. The molecule has 1 atom stereocenters. The summed E-state index contributed by atoms with van der Waals surface area (Å²) in [6.07, 6.45) is 1.75. The van der Waals surface area contributed by atoms with E-state index in [-0.39, 0.29) is 22.6 Å². The van der Waals surface area contributed by atoms with Crippen LogP contribution in [0.25, 0.3) is 10.2 Å². The van der Waals surface area contributed by atoms with Gasteiger partial charge in [-0.05, 0) is 86.3 Å². The number of sulfonamides is 1. The minimum atomic E-state index is -3.90. The van der Waals surface area contributed by atoms with Gasteiger partial charge in [0.15, 0.2) is 5.13 Å². The van der Waals surface area contributed by atoms with Gasteiger partial charge in [0, 0.05) is 17.9 Å². The predicted octanol–water partition coefficient (Wildman–Crippen LogP) is 5.68. The highest BCUT2D eigenvalue weighted by Gasteiger charge is 2.27. The van der Waals surface area contributed by atoms with Crippen LogP contribution in [0.4, 0.5) is 15.2 Å². The van der Waals surface area contributed by atoms with Crippen molar-refractivity contribution in [1.29, 1.82) is 0 Å². The number of hydrogen-bond donors (Lipinski definition) is 1. The summed E-state index contributed by atoms with van der Waals surface area (Å²) in [6.45, 7) is 5.09. The molecule has 192 valence electrons. The molecule has 1 amide bonds. The Morgan fingerprint density at radius 3 is 2.43 bits per heavy atom. The van der Waals surface area contributed by atoms with Crippen LogP contribution in [0.2, 0.25) is 0 Å². The van der Waals surface area contributed by atoms with Gasteiger partial charge in [-0.2, -0.15) is 0 Å². The van der Waals surface area contributed by atoms with Crippen molar-refractivity contribution >= 4 is 48.3 Å². The van der Waals surface area contributed by atoms with E-state index in [0.717, 1.165) is 46.3 Å². The maximum atomic E-state index is 13.7. The van der Waals surface area contributed by atoms with Crippen molar-refractivity contribution in [2.75, 3.05) is 22.8 Å². The third-order valence-electron chi connectivity index (χ3n) is 6.33. The Balaban J connectivity index is 1.42. The van der Waals surface area contributed by atoms with Crippen LogP contribution in [-0.4, -0.2) is 38.6 Å². The van der Waals surface area contributed by atoms with E-state index in [0.29, 0.717) is 23.8 Å². The van der Waals surface area contributed by atoms with Gasteiger partial charge < -0.3 is 4.74 Å². The zero-order valence-electron chi connectivity index (χ0n) is 20.4. The summed E-state index contributed by atoms with van der Waals surface area (Å²) in [4.78, 5) is 20.1. The number of thiazole rings is 1. The predicted molar refractivity (Wildman–Crippen MR) is 143 cm³/mol. The number of nitrogens with one attached hydrogen (secondary N) is 1. The van der Waals surface area contributed by atoms with Gasteiger partial charge in [-0.1, -0.05) is 23.5 Å². The summed E-state index contributed by atoms with van der Waals surface area (Å²) in [7, 11) is -3.90. The number of rotatable bonds is 7. The van der Waals surface area contributed by atoms with E-state index in [1.807, 2.05) is 19.9 Å². The average molecular weight is 540 g/mol. The number of aromatic nitrogens is 1. The Bertz CT molecular complexity index is 1510. The van der Waals surface area contributed by atoms with Gasteiger partial charge in [0.1, 0.15) is 5.82 Å². The van der Waals surface area contributed by atoms with Gasteiger partial charge in [0.2, 0.25) is 0 Å². The van der Waals surface area contributed by atoms with E-state index in [1.165, 1.54) is 35.6 Å². The molecule has 1 aliphatic heterocycles. The lowest BCUT2D eigenvalue weighted by molar-refractivity contribution is 0.0917. The molecule has 1 fully saturated rings. The molecule has 0 saturated carbocycles. The van der Waals surface area contributed by atoms with Gasteiger partial charge in [-0.15, -0.1) is 0 Å². The highest BCUT2D eigenvalue weighted by atomic mass is 32.2. The van der Waals surface area contributed by atoms with Crippen molar-refractivity contribution in [2.24, 2.45) is 0 Å². The fraction of sp³-hybridized carbons (Fsp3) is 0.259. The van der Waals surface area contributed by atoms with Crippen molar-refractivity contribution in [3.05, 3.63) is 83.2 Å². The lowest BCUT2D eigenvalue weighted by Crippen LogP contribution is -2.37. The van der Waals surface area contributed by atoms with E-state index in [4.69, 9.17) is 9.72 Å². The normalized spacial score (nSPS) is 15.7. The zero-order valence-corrected chi connectivity index (χ0v) is 22.0. The van der Waals surface area contributed by atoms with Crippen molar-refractivity contribution in [3.8, 4) is 0 Å². The van der Waals surface area contributed by atoms with Crippen molar-refractivity contribution < 1.29 is 22.3 Å². The molecule has 4 aromatic rings. The molecule has 0 spiro atoms. The molecule has 5 rings (SSSR count). The van der Waals surface area contributed by atoms with Crippen LogP contribution in [0.15, 0.2) is 65.6 Å². The summed E-state index contributed by atoms with van der Waals surface area (Å²) in [5.41, 5.74) is 3.72. The first-order valence-corrected chi connectivity index (χ1v) is 14.2. The number of nitrogens with zero attached hydrogens (tertiary/aromatic N) is 2. The average Bonchev–Trinajstić information content (AvgIpc) is 3.56. The van der Waals surface area contributed by atoms with Gasteiger partial charge >= 0.3 is 0 Å². The summed E-state index contributed by atoms with van der Waals surface area (Å²) in [5, 5.41) is 0.606. The Labute approximate surface area is 219 Å². The second kappa shape index (κ2) is 10.2. The number of amides is 1. The van der Waals surface area contributed by atoms with Gasteiger partial charge in [0.25, 0.3) is 15.9 Å². The zero-order chi connectivity index (χ0) is 26.2. The molecule has 0 aliphatic carbocycles. The number of carbonyl (C=O) groups excluding carboxylic acids is 1. The fourth-order valence-corrected chi connectivity index (χ4v) is 6.45. The molecule has 1 unspecified atom stereocenters. The Hall–Kier alpha value is -3.34. The smallest absolute Gasteiger partial charge is 0.261 e. The first kappa shape index (κ1) is 25.3. The Kier molecular flexibility index (Phi) is 6.98. The summed E-state index contributed by atoms with van der Waals surface area (Å²) in [5.74, 6) is -0.759. The monoisotopic (exact) mass is 539 g/mol. The summed E-state index contributed by atoms with van der Waals surface area (Å²) in [6, 6.07) is 14.9. The third kappa shape index (κ3) is 5.36. The lowest BCUT2D eigenvalue weighted by Gasteiger charge is -2.23. The van der Waals surface area contributed by atoms with E-state index < -0.39 is 15.8 Å². The standard InChI is InChI=1S/C27H26FN3O4S2/c1-17-5-6-18(2)25-24(17)29-27(36-25)31(16-22-4-3-15-35-22)26(32)19-7-11-21(12-8-19)30-37(33,34)23-13-9-20(28)10-14-23/h5-14,22,30H,3-4,15-16H2,1-2H3. The Morgan fingerprint density at radius 1 is 1.08 bits per heavy atom. The summed E-state index contributed by atoms with van der Waals surface area (Å²) >= 11 is 1.48. The molecule has 2 heterocycles. The van der Waals surface area contributed by atoms with Crippen LogP contribution >= 0.6 is 11.3 Å². The fourth-order valence-electron chi connectivity index (χ4n) is 4.27. The topological polar surface area (TPSA) is 88.6 Å². The van der Waals surface area contributed by atoms with Gasteiger partial charge in [-0.3, -0.25) is 14.4 Å². The minimum Gasteiger partial charge on any atom is -0.376 e. The Morgan fingerprint density at radius 2 is 1.78 bits per heavy atom. The van der Waals surface area contributed by atoms with E-state index in [1.54, 1.807) is 17.0 Å². The molecule has 1 N–H and O–H groups in total. The SMILES string of the molecule is Cc1ccc(C)c2sc(N(CC3CCCO3)C(=O)c3ccc(NS(=O)(=O)c4ccc(F)cc4)cc3)nc12.